The Bertz CT molecular complexity index is 903. The second-order valence-electron chi connectivity index (χ2n) is 19.4. The van der Waals surface area contributed by atoms with E-state index >= 15 is 0 Å². The van der Waals surface area contributed by atoms with E-state index in [1.54, 1.807) is 0 Å². The van der Waals surface area contributed by atoms with E-state index in [-0.39, 0.29) is 23.9 Å². The van der Waals surface area contributed by atoms with Gasteiger partial charge in [0, 0.05) is 0 Å². The van der Waals surface area contributed by atoms with Gasteiger partial charge in [0.2, 0.25) is 0 Å². The number of carboxylic acid groups (broad SMARTS) is 4. The molecule has 13 heteroatoms. The third-order valence-corrected chi connectivity index (χ3v) is 13.0. The topological polar surface area (TPSA) is 197 Å². The molecule has 0 aliphatic carbocycles. The minimum absolute atomic E-state index is 0. The molecule has 0 radical (unpaired) electrons. The summed E-state index contributed by atoms with van der Waals surface area (Å²) in [6.07, 6.45) is 29.5. The van der Waals surface area contributed by atoms with E-state index < -0.39 is 47.0 Å². The van der Waals surface area contributed by atoms with E-state index in [1.807, 2.05) is 0 Å². The maximum atomic E-state index is 10.8. The van der Waals surface area contributed by atoms with Crippen LogP contribution >= 0.6 is 0 Å². The van der Waals surface area contributed by atoms with Crippen LogP contribution in [0, 0.1) is 0 Å². The molecule has 0 spiro atoms. The number of ether oxygens (including phenoxy) is 4. The number of hydrogen-bond donors (Lipinski definition) is 0. The van der Waals surface area contributed by atoms with Crippen molar-refractivity contribution in [2.75, 3.05) is 0 Å². The molecule has 0 atom stereocenters. The molecule has 0 aliphatic heterocycles. The summed E-state index contributed by atoms with van der Waals surface area (Å²) < 4.78 is 20.6. The summed E-state index contributed by atoms with van der Waals surface area (Å²) in [5.41, 5.74) is -1.94. The molecule has 12 nitrogen and oxygen atoms in total. The second kappa shape index (κ2) is 50.8. The van der Waals surface area contributed by atoms with Gasteiger partial charge < -0.3 is 58.6 Å². The van der Waals surface area contributed by atoms with Crippen LogP contribution in [0.5, 0.6) is 0 Å². The normalized spacial score (nSPS) is 11.3. The van der Waals surface area contributed by atoms with Crippen LogP contribution in [0.4, 0.5) is 19.2 Å². The van der Waals surface area contributed by atoms with Crippen molar-refractivity contribution in [2.24, 2.45) is 0 Å². The quantitative estimate of drug-likeness (QED) is 0.0320. The van der Waals surface area contributed by atoms with Crippen molar-refractivity contribution in [1.82, 2.24) is 0 Å². The van der Waals surface area contributed by atoms with Crippen LogP contribution in [0.1, 0.15) is 314 Å². The second-order valence-corrected chi connectivity index (χ2v) is 19.4. The summed E-state index contributed by atoms with van der Waals surface area (Å²) >= 11 is 0. The van der Waals surface area contributed by atoms with Crippen LogP contribution in [-0.4, -0.2) is 70.9 Å². The van der Waals surface area contributed by atoms with Crippen molar-refractivity contribution < 1.29 is 58.6 Å². The Morgan fingerprint density at radius 3 is 0.391 bits per heavy atom. The Balaban J connectivity index is -0.000000263. The maximum Gasteiger partial charge on any atom is 4.00 e. The summed E-state index contributed by atoms with van der Waals surface area (Å²) in [4.78, 5) is 43.1. The van der Waals surface area contributed by atoms with Crippen molar-refractivity contribution >= 4 is 48.5 Å². The maximum absolute atomic E-state index is 10.8. The Labute approximate surface area is 441 Å². The van der Waals surface area contributed by atoms with E-state index in [2.05, 4.69) is 83.1 Å². The van der Waals surface area contributed by atoms with Crippen molar-refractivity contribution in [3.8, 4) is 0 Å². The van der Waals surface area contributed by atoms with Gasteiger partial charge in [-0.15, -0.1) is 0 Å². The molecule has 0 aromatic carbocycles. The SMILES string of the molecule is CCCCC(CCCC)(CCCC)OC(=O)[O-].CCCCC(CCCC)(CCCC)OC(=O)[O-].CCCCC(CCCC)(CCCC)OC(=O)[O-].CCCCC(CCCC)(CCCC)OC(=O)[O-].[Sn+4]. The number of carbonyl (C=O) groups is 4. The zero-order valence-electron chi connectivity index (χ0n) is 46.9. The molecular weight excluding hydrogens is 983 g/mol. The third-order valence-electron chi connectivity index (χ3n) is 13.0. The minimum Gasteiger partial charge on any atom is -0.543 e. The smallest absolute Gasteiger partial charge is 0.543 e. The number of rotatable bonds is 40. The molecule has 0 N–H and O–H groups in total. The van der Waals surface area contributed by atoms with Gasteiger partial charge in [-0.25, -0.2) is 0 Å². The zero-order valence-corrected chi connectivity index (χ0v) is 49.7. The molecule has 0 fully saturated rings. The van der Waals surface area contributed by atoms with Gasteiger partial charge in [0.05, 0.1) is 22.4 Å². The molecular formula is C56H108O12Sn. The molecule has 0 rings (SSSR count). The van der Waals surface area contributed by atoms with E-state index in [0.29, 0.717) is 0 Å². The van der Waals surface area contributed by atoms with Gasteiger partial charge in [-0.1, -0.05) is 237 Å². The van der Waals surface area contributed by atoms with Crippen LogP contribution in [-0.2, 0) is 18.9 Å². The fraction of sp³-hybridized carbons (Fsp3) is 0.929. The van der Waals surface area contributed by atoms with E-state index in [4.69, 9.17) is 18.9 Å². The summed E-state index contributed by atoms with van der Waals surface area (Å²) in [6.45, 7) is 25.4. The molecule has 0 saturated heterocycles. The monoisotopic (exact) mass is 1090 g/mol. The Kier molecular flexibility index (Phi) is 55.8. The number of hydrogen-bond acceptors (Lipinski definition) is 12. The average molecular weight is 1090 g/mol. The number of unbranched alkanes of at least 4 members (excludes halogenated alkanes) is 12. The Hall–Kier alpha value is -2.12. The summed E-state index contributed by atoms with van der Waals surface area (Å²) in [5.74, 6) is 0. The molecule has 0 unspecified atom stereocenters. The van der Waals surface area contributed by atoms with Crippen LogP contribution in [0.3, 0.4) is 0 Å². The van der Waals surface area contributed by atoms with Gasteiger partial charge in [0.15, 0.2) is 0 Å². The van der Waals surface area contributed by atoms with Crippen LogP contribution in [0.15, 0.2) is 0 Å². The molecule has 0 aliphatic rings. The van der Waals surface area contributed by atoms with Crippen LogP contribution < -0.4 is 20.4 Å². The first-order valence-electron chi connectivity index (χ1n) is 28.0. The van der Waals surface area contributed by atoms with Crippen LogP contribution in [0.2, 0.25) is 0 Å². The summed E-state index contributed by atoms with van der Waals surface area (Å²) in [5, 5.41) is 43.1. The van der Waals surface area contributed by atoms with Crippen molar-refractivity contribution in [2.45, 2.75) is 337 Å². The van der Waals surface area contributed by atoms with Gasteiger partial charge in [-0.3, -0.25) is 0 Å². The largest absolute Gasteiger partial charge is 4.00 e. The molecule has 0 amide bonds. The van der Waals surface area contributed by atoms with E-state index in [0.717, 1.165) is 231 Å². The van der Waals surface area contributed by atoms with Crippen molar-refractivity contribution in [3.63, 3.8) is 0 Å². The summed E-state index contributed by atoms with van der Waals surface area (Å²) in [6, 6.07) is 0. The predicted molar refractivity (Wildman–Crippen MR) is 277 cm³/mol. The van der Waals surface area contributed by atoms with Crippen molar-refractivity contribution in [1.29, 1.82) is 0 Å². The first kappa shape index (κ1) is 75.8. The molecule has 0 heterocycles. The van der Waals surface area contributed by atoms with Crippen LogP contribution in [0.25, 0.3) is 0 Å². The first-order chi connectivity index (χ1) is 32.4. The van der Waals surface area contributed by atoms with Gasteiger partial charge in [-0.2, -0.15) is 0 Å². The van der Waals surface area contributed by atoms with Gasteiger partial charge >= 0.3 is 23.9 Å². The van der Waals surface area contributed by atoms with E-state index in [1.165, 1.54) is 0 Å². The van der Waals surface area contributed by atoms with E-state index in [9.17, 15) is 39.6 Å². The predicted octanol–water partition coefficient (Wildman–Crippen LogP) is 14.2. The number of carbonyl (C=O) groups excluding carboxylic acids is 4. The fourth-order valence-corrected chi connectivity index (χ4v) is 8.81. The van der Waals surface area contributed by atoms with Gasteiger partial charge in [0.1, 0.15) is 0 Å². The average Bonchev–Trinajstić information content (AvgIpc) is 3.30. The molecule has 0 aromatic heterocycles. The standard InChI is InChI=1S/4C14H28O3.Sn/c4*1-4-7-10-14(11-8-5-2,12-9-6-3)17-13(15)16;/h4*4-12H2,1-3H3,(H,15,16);/q;;;;+4/p-4. The molecule has 0 saturated carbocycles. The Morgan fingerprint density at radius 2 is 0.333 bits per heavy atom. The first-order valence-corrected chi connectivity index (χ1v) is 28.0. The van der Waals surface area contributed by atoms with Crippen molar-refractivity contribution in [3.05, 3.63) is 0 Å². The zero-order chi connectivity index (χ0) is 52.6. The van der Waals surface area contributed by atoms with Gasteiger partial charge in [0.25, 0.3) is 24.6 Å². The summed E-state index contributed by atoms with van der Waals surface area (Å²) in [7, 11) is 0. The fourth-order valence-electron chi connectivity index (χ4n) is 8.81. The third kappa shape index (κ3) is 44.3. The molecule has 0 bridgehead atoms. The Morgan fingerprint density at radius 1 is 0.246 bits per heavy atom. The molecule has 0 aromatic rings. The molecule has 408 valence electrons. The molecule has 69 heavy (non-hydrogen) atoms. The minimum atomic E-state index is -1.37. The van der Waals surface area contributed by atoms with Gasteiger partial charge in [-0.05, 0) is 77.0 Å².